The first-order chi connectivity index (χ1) is 14.4. The molecule has 1 aliphatic carbocycles. The zero-order valence-electron chi connectivity index (χ0n) is 16.7. The van der Waals surface area contributed by atoms with E-state index in [1.807, 2.05) is 37.3 Å². The summed E-state index contributed by atoms with van der Waals surface area (Å²) in [6.07, 6.45) is 2.11. The van der Waals surface area contributed by atoms with Gasteiger partial charge in [0.2, 0.25) is 10.0 Å². The molecular formula is C22H24N4O3S. The maximum Gasteiger partial charge on any atom is 0.256 e. The van der Waals surface area contributed by atoms with E-state index in [1.165, 1.54) is 12.1 Å². The second-order valence-electron chi connectivity index (χ2n) is 7.59. The second-order valence-corrected chi connectivity index (χ2v) is 9.36. The number of benzene rings is 2. The molecule has 0 atom stereocenters. The molecule has 8 heteroatoms. The van der Waals surface area contributed by atoms with Crippen LogP contribution in [0, 0.1) is 12.8 Å². The lowest BCUT2D eigenvalue weighted by Gasteiger charge is -2.10. The number of nitrogens with one attached hydrogen (secondary N) is 2. The lowest BCUT2D eigenvalue weighted by atomic mass is 10.2. The molecule has 0 radical (unpaired) electrons. The summed E-state index contributed by atoms with van der Waals surface area (Å²) in [6, 6.07) is 17.7. The first-order valence-electron chi connectivity index (χ1n) is 9.90. The van der Waals surface area contributed by atoms with Gasteiger partial charge in [0, 0.05) is 18.2 Å². The summed E-state index contributed by atoms with van der Waals surface area (Å²) in [6.45, 7) is 2.82. The van der Waals surface area contributed by atoms with Crippen molar-refractivity contribution in [2.45, 2.75) is 31.2 Å². The van der Waals surface area contributed by atoms with Gasteiger partial charge in [0.05, 0.1) is 17.1 Å². The van der Waals surface area contributed by atoms with E-state index in [-0.39, 0.29) is 16.4 Å². The quantitative estimate of drug-likeness (QED) is 0.581. The Bertz CT molecular complexity index is 1150. The van der Waals surface area contributed by atoms with Gasteiger partial charge in [-0.25, -0.2) is 17.8 Å². The highest BCUT2D eigenvalue weighted by Gasteiger charge is 2.24. The van der Waals surface area contributed by atoms with Crippen LogP contribution in [-0.4, -0.2) is 30.7 Å². The smallest absolute Gasteiger partial charge is 0.256 e. The normalized spacial score (nSPS) is 13.9. The fourth-order valence-corrected chi connectivity index (χ4v) is 4.31. The Morgan fingerprint density at radius 2 is 1.87 bits per heavy atom. The van der Waals surface area contributed by atoms with Gasteiger partial charge in [0.1, 0.15) is 5.82 Å². The number of nitrogens with zero attached hydrogens (tertiary/aromatic N) is 2. The predicted molar refractivity (Wildman–Crippen MR) is 115 cm³/mol. The fourth-order valence-electron chi connectivity index (χ4n) is 3.15. The molecule has 3 aromatic rings. The highest BCUT2D eigenvalue weighted by molar-refractivity contribution is 7.89. The van der Waals surface area contributed by atoms with Gasteiger partial charge in [-0.3, -0.25) is 4.79 Å². The van der Waals surface area contributed by atoms with Gasteiger partial charge in [-0.05, 0) is 49.4 Å². The molecule has 0 bridgehead atoms. The minimum Gasteiger partial charge on any atom is -0.307 e. The third-order valence-corrected chi connectivity index (χ3v) is 6.41. The van der Waals surface area contributed by atoms with Crippen molar-refractivity contribution in [2.75, 3.05) is 11.9 Å². The molecular weight excluding hydrogens is 400 g/mol. The highest BCUT2D eigenvalue weighted by atomic mass is 32.2. The molecule has 0 unspecified atom stereocenters. The molecule has 2 N–H and O–H groups in total. The third kappa shape index (κ3) is 4.95. The van der Waals surface area contributed by atoms with Gasteiger partial charge in [0.25, 0.3) is 5.91 Å². The summed E-state index contributed by atoms with van der Waals surface area (Å²) in [5.74, 6) is 0.601. The molecule has 0 spiro atoms. The molecule has 30 heavy (non-hydrogen) atoms. The molecule has 1 fully saturated rings. The van der Waals surface area contributed by atoms with Gasteiger partial charge in [-0.2, -0.15) is 5.10 Å². The van der Waals surface area contributed by atoms with Crippen LogP contribution in [0.5, 0.6) is 0 Å². The summed E-state index contributed by atoms with van der Waals surface area (Å²) < 4.78 is 29.3. The van der Waals surface area contributed by atoms with Gasteiger partial charge >= 0.3 is 0 Å². The van der Waals surface area contributed by atoms with E-state index >= 15 is 0 Å². The second kappa shape index (κ2) is 8.41. The fraction of sp³-hybridized carbons (Fsp3) is 0.273. The monoisotopic (exact) mass is 424 g/mol. The average Bonchev–Trinajstić information content (AvgIpc) is 3.51. The predicted octanol–water partition coefficient (Wildman–Crippen LogP) is 3.18. The Morgan fingerprint density at radius 3 is 2.60 bits per heavy atom. The number of sulfonamides is 1. The van der Waals surface area contributed by atoms with Crippen molar-refractivity contribution in [1.82, 2.24) is 14.5 Å². The maximum absolute atomic E-state index is 12.8. The topological polar surface area (TPSA) is 93.1 Å². The van der Waals surface area contributed by atoms with E-state index in [2.05, 4.69) is 15.1 Å². The Kier molecular flexibility index (Phi) is 5.69. The van der Waals surface area contributed by atoms with Gasteiger partial charge in [-0.1, -0.05) is 36.4 Å². The number of carbonyl (C=O) groups excluding carboxylic acids is 1. The number of aryl methyl sites for hydroxylation is 1. The van der Waals surface area contributed by atoms with Crippen LogP contribution in [0.2, 0.25) is 0 Å². The maximum atomic E-state index is 12.8. The largest absolute Gasteiger partial charge is 0.307 e. The van der Waals surface area contributed by atoms with E-state index in [4.69, 9.17) is 0 Å². The van der Waals surface area contributed by atoms with Gasteiger partial charge < -0.3 is 5.32 Å². The number of hydrogen-bond acceptors (Lipinski definition) is 4. The van der Waals surface area contributed by atoms with Gasteiger partial charge in [0.15, 0.2) is 0 Å². The number of hydrogen-bond donors (Lipinski definition) is 2. The van der Waals surface area contributed by atoms with Crippen molar-refractivity contribution in [3.05, 3.63) is 77.5 Å². The molecule has 4 rings (SSSR count). The number of rotatable bonds is 8. The molecule has 7 nitrogen and oxygen atoms in total. The Balaban J connectivity index is 1.50. The molecule has 156 valence electrons. The summed E-state index contributed by atoms with van der Waals surface area (Å²) >= 11 is 0. The summed E-state index contributed by atoms with van der Waals surface area (Å²) in [4.78, 5) is 12.9. The summed E-state index contributed by atoms with van der Waals surface area (Å²) in [5, 5.41) is 7.31. The number of anilines is 1. The SMILES string of the molecule is Cc1cc(NC(=O)c2cccc(S(=O)(=O)NCC3CC3)c2)n(Cc2ccccc2)n1. The third-order valence-electron chi connectivity index (χ3n) is 4.98. The van der Waals surface area contributed by atoms with Crippen molar-refractivity contribution in [3.8, 4) is 0 Å². The molecule has 1 aliphatic rings. The van der Waals surface area contributed by atoms with Crippen LogP contribution in [0.1, 0.15) is 34.5 Å². The van der Waals surface area contributed by atoms with Crippen molar-refractivity contribution in [2.24, 2.45) is 5.92 Å². The molecule has 1 aromatic heterocycles. The van der Waals surface area contributed by atoms with Crippen molar-refractivity contribution < 1.29 is 13.2 Å². The van der Waals surface area contributed by atoms with E-state index < -0.39 is 10.0 Å². The Morgan fingerprint density at radius 1 is 1.10 bits per heavy atom. The van der Waals surface area contributed by atoms with Crippen molar-refractivity contribution >= 4 is 21.7 Å². The van der Waals surface area contributed by atoms with Crippen LogP contribution in [-0.2, 0) is 16.6 Å². The van der Waals surface area contributed by atoms with E-state index in [9.17, 15) is 13.2 Å². The summed E-state index contributed by atoms with van der Waals surface area (Å²) in [7, 11) is -3.64. The van der Waals surface area contributed by atoms with Crippen molar-refractivity contribution in [1.29, 1.82) is 0 Å². The van der Waals surface area contributed by atoms with E-state index in [1.54, 1.807) is 22.9 Å². The lowest BCUT2D eigenvalue weighted by Crippen LogP contribution is -2.26. The molecule has 2 aromatic carbocycles. The first kappa shape index (κ1) is 20.3. The van der Waals surface area contributed by atoms with Gasteiger partial charge in [-0.15, -0.1) is 0 Å². The number of aromatic nitrogens is 2. The van der Waals surface area contributed by atoms with Crippen LogP contribution < -0.4 is 10.0 Å². The van der Waals surface area contributed by atoms with Crippen molar-refractivity contribution in [3.63, 3.8) is 0 Å². The molecule has 1 saturated carbocycles. The number of carbonyl (C=O) groups is 1. The minimum atomic E-state index is -3.64. The lowest BCUT2D eigenvalue weighted by molar-refractivity contribution is 0.102. The zero-order chi connectivity index (χ0) is 21.1. The highest BCUT2D eigenvalue weighted by Crippen LogP contribution is 2.28. The molecule has 0 aliphatic heterocycles. The zero-order valence-corrected chi connectivity index (χ0v) is 17.5. The van der Waals surface area contributed by atoms with Crippen LogP contribution >= 0.6 is 0 Å². The van der Waals surface area contributed by atoms with Crippen LogP contribution in [0.4, 0.5) is 5.82 Å². The first-order valence-corrected chi connectivity index (χ1v) is 11.4. The summed E-state index contributed by atoms with van der Waals surface area (Å²) in [5.41, 5.74) is 2.11. The standard InChI is InChI=1S/C22H24N4O3S/c1-16-12-21(26(25-16)15-18-6-3-2-4-7-18)24-22(27)19-8-5-9-20(13-19)30(28,29)23-14-17-10-11-17/h2-9,12-13,17,23H,10-11,14-15H2,1H3,(H,24,27). The molecule has 0 saturated heterocycles. The Hall–Kier alpha value is -2.97. The van der Waals surface area contributed by atoms with Crippen LogP contribution in [0.25, 0.3) is 0 Å². The van der Waals surface area contributed by atoms with Crippen LogP contribution in [0.3, 0.4) is 0 Å². The van der Waals surface area contributed by atoms with Crippen LogP contribution in [0.15, 0.2) is 65.6 Å². The Labute approximate surface area is 176 Å². The van der Waals surface area contributed by atoms with E-state index in [0.29, 0.717) is 24.8 Å². The number of amides is 1. The van der Waals surface area contributed by atoms with E-state index in [0.717, 1.165) is 24.1 Å². The minimum absolute atomic E-state index is 0.0878. The molecule has 1 heterocycles. The molecule has 1 amide bonds. The average molecular weight is 425 g/mol.